The molecule has 2 rings (SSSR count). The van der Waals surface area contributed by atoms with Crippen LogP contribution in [0.15, 0.2) is 24.3 Å². The maximum absolute atomic E-state index is 5.71. The van der Waals surface area contributed by atoms with Gasteiger partial charge in [-0.2, -0.15) is 0 Å². The number of benzene rings is 1. The van der Waals surface area contributed by atoms with Gasteiger partial charge in [0.2, 0.25) is 0 Å². The number of hydrogen-bond donors (Lipinski definition) is 2. The van der Waals surface area contributed by atoms with Crippen molar-refractivity contribution < 1.29 is 0 Å². The summed E-state index contributed by atoms with van der Waals surface area (Å²) in [5, 5.41) is 0. The van der Waals surface area contributed by atoms with Crippen molar-refractivity contribution in [1.29, 1.82) is 0 Å². The summed E-state index contributed by atoms with van der Waals surface area (Å²) in [5.74, 6) is 6.44. The number of rotatable bonds is 3. The van der Waals surface area contributed by atoms with Crippen LogP contribution < -0.4 is 11.3 Å². The third kappa shape index (κ3) is 2.28. The minimum absolute atomic E-state index is 0.181. The van der Waals surface area contributed by atoms with Gasteiger partial charge in [-0.15, -0.1) is 0 Å². The van der Waals surface area contributed by atoms with Crippen LogP contribution in [0.1, 0.15) is 50.8 Å². The van der Waals surface area contributed by atoms with Crippen molar-refractivity contribution in [2.75, 3.05) is 0 Å². The number of nitrogens with one attached hydrogen (secondary N) is 1. The molecule has 1 aromatic carbocycles. The molecule has 3 N–H and O–H groups in total. The van der Waals surface area contributed by atoms with E-state index in [0.29, 0.717) is 6.04 Å². The lowest BCUT2D eigenvalue weighted by atomic mass is 9.81. The predicted molar refractivity (Wildman–Crippen MR) is 67.9 cm³/mol. The molecular weight excluding hydrogens is 196 g/mol. The predicted octanol–water partition coefficient (Wildman–Crippen LogP) is 2.90. The first-order valence-electron chi connectivity index (χ1n) is 6.09. The van der Waals surface area contributed by atoms with Crippen LogP contribution in [0, 0.1) is 5.92 Å². The Morgan fingerprint density at radius 1 is 1.25 bits per heavy atom. The van der Waals surface area contributed by atoms with E-state index in [2.05, 4.69) is 50.5 Å². The highest BCUT2D eigenvalue weighted by molar-refractivity contribution is 5.36. The highest BCUT2D eigenvalue weighted by Crippen LogP contribution is 2.43. The van der Waals surface area contributed by atoms with E-state index in [9.17, 15) is 0 Å². The van der Waals surface area contributed by atoms with Gasteiger partial charge in [-0.1, -0.05) is 45.0 Å². The Morgan fingerprint density at radius 3 is 2.38 bits per heavy atom. The third-order valence-electron chi connectivity index (χ3n) is 3.38. The molecule has 1 aliphatic rings. The normalized spacial score (nSPS) is 18.5. The fourth-order valence-corrected chi connectivity index (χ4v) is 2.36. The fraction of sp³-hybridized carbons (Fsp3) is 0.571. The summed E-state index contributed by atoms with van der Waals surface area (Å²) in [5.41, 5.74) is 5.96. The molecule has 1 saturated carbocycles. The molecule has 0 spiro atoms. The molecule has 1 unspecified atom stereocenters. The molecule has 1 aliphatic carbocycles. The smallest absolute Gasteiger partial charge is 0.0491 e. The number of hydrazine groups is 1. The van der Waals surface area contributed by atoms with Gasteiger partial charge in [0.25, 0.3) is 0 Å². The van der Waals surface area contributed by atoms with Gasteiger partial charge in [-0.05, 0) is 35.3 Å². The van der Waals surface area contributed by atoms with Crippen molar-refractivity contribution in [2.24, 2.45) is 11.8 Å². The molecule has 16 heavy (non-hydrogen) atoms. The number of nitrogens with two attached hydrogens (primary N) is 1. The molecule has 0 radical (unpaired) electrons. The molecule has 0 heterocycles. The SMILES string of the molecule is CC(C)(C)c1ccccc1C(NN)C1CC1. The van der Waals surface area contributed by atoms with Gasteiger partial charge in [-0.3, -0.25) is 11.3 Å². The molecule has 0 saturated heterocycles. The zero-order valence-electron chi connectivity index (χ0n) is 10.5. The molecule has 0 amide bonds. The van der Waals surface area contributed by atoms with Crippen LogP contribution >= 0.6 is 0 Å². The topological polar surface area (TPSA) is 38.0 Å². The monoisotopic (exact) mass is 218 g/mol. The van der Waals surface area contributed by atoms with Crippen molar-refractivity contribution in [3.05, 3.63) is 35.4 Å². The van der Waals surface area contributed by atoms with Crippen molar-refractivity contribution in [3.63, 3.8) is 0 Å². The Kier molecular flexibility index (Phi) is 3.04. The van der Waals surface area contributed by atoms with Crippen LogP contribution in [-0.4, -0.2) is 0 Å². The van der Waals surface area contributed by atoms with Crippen molar-refractivity contribution in [3.8, 4) is 0 Å². The summed E-state index contributed by atoms with van der Waals surface area (Å²) in [6, 6.07) is 8.99. The third-order valence-corrected chi connectivity index (χ3v) is 3.38. The van der Waals surface area contributed by atoms with E-state index in [0.717, 1.165) is 5.92 Å². The van der Waals surface area contributed by atoms with Gasteiger partial charge in [0.1, 0.15) is 0 Å². The van der Waals surface area contributed by atoms with E-state index in [-0.39, 0.29) is 5.41 Å². The van der Waals surface area contributed by atoms with E-state index >= 15 is 0 Å². The fourth-order valence-electron chi connectivity index (χ4n) is 2.36. The van der Waals surface area contributed by atoms with Crippen LogP contribution in [0.5, 0.6) is 0 Å². The van der Waals surface area contributed by atoms with Crippen LogP contribution in [0.25, 0.3) is 0 Å². The largest absolute Gasteiger partial charge is 0.271 e. The van der Waals surface area contributed by atoms with Crippen LogP contribution in [0.4, 0.5) is 0 Å². The molecule has 1 aromatic rings. The zero-order valence-corrected chi connectivity index (χ0v) is 10.5. The molecule has 2 heteroatoms. The Morgan fingerprint density at radius 2 is 1.88 bits per heavy atom. The second kappa shape index (κ2) is 4.19. The van der Waals surface area contributed by atoms with E-state index < -0.39 is 0 Å². The lowest BCUT2D eigenvalue weighted by Crippen LogP contribution is -2.31. The summed E-state index contributed by atoms with van der Waals surface area (Å²) >= 11 is 0. The highest BCUT2D eigenvalue weighted by Gasteiger charge is 2.34. The molecule has 0 bridgehead atoms. The lowest BCUT2D eigenvalue weighted by Gasteiger charge is -2.27. The Bertz CT molecular complexity index is 361. The van der Waals surface area contributed by atoms with Crippen LogP contribution in [0.3, 0.4) is 0 Å². The Hall–Kier alpha value is -0.860. The van der Waals surface area contributed by atoms with Crippen molar-refractivity contribution in [1.82, 2.24) is 5.43 Å². The zero-order chi connectivity index (χ0) is 11.8. The van der Waals surface area contributed by atoms with E-state index in [4.69, 9.17) is 5.84 Å². The summed E-state index contributed by atoms with van der Waals surface area (Å²) in [6.45, 7) is 6.77. The Balaban J connectivity index is 2.38. The van der Waals surface area contributed by atoms with Crippen molar-refractivity contribution >= 4 is 0 Å². The molecule has 88 valence electrons. The van der Waals surface area contributed by atoms with Gasteiger partial charge in [0.15, 0.2) is 0 Å². The van der Waals surface area contributed by atoms with Crippen LogP contribution in [-0.2, 0) is 5.41 Å². The van der Waals surface area contributed by atoms with Gasteiger partial charge in [-0.25, -0.2) is 0 Å². The highest BCUT2D eigenvalue weighted by atomic mass is 15.2. The average molecular weight is 218 g/mol. The molecular formula is C14H22N2. The molecule has 1 fully saturated rings. The Labute approximate surface area is 98.2 Å². The van der Waals surface area contributed by atoms with E-state index in [1.165, 1.54) is 24.0 Å². The average Bonchev–Trinajstić information content (AvgIpc) is 3.02. The second-order valence-electron chi connectivity index (χ2n) is 5.82. The summed E-state index contributed by atoms with van der Waals surface area (Å²) < 4.78 is 0. The molecule has 2 nitrogen and oxygen atoms in total. The van der Waals surface area contributed by atoms with E-state index in [1.807, 2.05) is 0 Å². The van der Waals surface area contributed by atoms with Gasteiger partial charge >= 0.3 is 0 Å². The summed E-state index contributed by atoms with van der Waals surface area (Å²) in [6.07, 6.45) is 2.60. The van der Waals surface area contributed by atoms with Gasteiger partial charge < -0.3 is 0 Å². The molecule has 0 aromatic heterocycles. The van der Waals surface area contributed by atoms with Gasteiger partial charge in [0, 0.05) is 6.04 Å². The standard InChI is InChI=1S/C14H22N2/c1-14(2,3)12-7-5-4-6-11(12)13(16-15)10-8-9-10/h4-7,10,13,16H,8-9,15H2,1-3H3. The maximum atomic E-state index is 5.71. The van der Waals surface area contributed by atoms with Gasteiger partial charge in [0.05, 0.1) is 0 Å². The first kappa shape index (κ1) is 11.6. The molecule has 0 aliphatic heterocycles. The van der Waals surface area contributed by atoms with Crippen molar-refractivity contribution in [2.45, 2.75) is 45.1 Å². The van der Waals surface area contributed by atoms with E-state index in [1.54, 1.807) is 0 Å². The summed E-state index contributed by atoms with van der Waals surface area (Å²) in [7, 11) is 0. The quantitative estimate of drug-likeness (QED) is 0.604. The summed E-state index contributed by atoms with van der Waals surface area (Å²) in [4.78, 5) is 0. The maximum Gasteiger partial charge on any atom is 0.0491 e. The minimum Gasteiger partial charge on any atom is -0.271 e. The van der Waals surface area contributed by atoms with Crippen LogP contribution in [0.2, 0.25) is 0 Å². The second-order valence-corrected chi connectivity index (χ2v) is 5.82. The number of hydrogen-bond acceptors (Lipinski definition) is 2. The lowest BCUT2D eigenvalue weighted by molar-refractivity contribution is 0.477. The molecule has 1 atom stereocenters. The first-order valence-corrected chi connectivity index (χ1v) is 6.09. The minimum atomic E-state index is 0.181. The first-order chi connectivity index (χ1) is 7.54.